The Morgan fingerprint density at radius 2 is 2.35 bits per heavy atom. The first kappa shape index (κ1) is 14.1. The molecule has 0 bridgehead atoms. The van der Waals surface area contributed by atoms with Gasteiger partial charge >= 0.3 is 5.69 Å². The van der Waals surface area contributed by atoms with E-state index >= 15 is 0 Å². The van der Waals surface area contributed by atoms with E-state index in [1.807, 2.05) is 0 Å². The molecule has 1 aliphatic rings. The molecule has 0 amide bonds. The third kappa shape index (κ3) is 2.04. The minimum Gasteiger partial charge on any atom is -0.392 e. The van der Waals surface area contributed by atoms with Crippen molar-refractivity contribution in [3.63, 3.8) is 0 Å². The lowest BCUT2D eigenvalue weighted by Gasteiger charge is -2.23. The van der Waals surface area contributed by atoms with Crippen molar-refractivity contribution in [1.29, 1.82) is 0 Å². The molecule has 20 heavy (non-hydrogen) atoms. The van der Waals surface area contributed by atoms with Gasteiger partial charge in [-0.1, -0.05) is 11.8 Å². The van der Waals surface area contributed by atoms with E-state index in [2.05, 4.69) is 16.8 Å². The highest BCUT2D eigenvalue weighted by atomic mass is 16.6. The second kappa shape index (κ2) is 4.99. The van der Waals surface area contributed by atoms with E-state index in [9.17, 15) is 15.0 Å². The van der Waals surface area contributed by atoms with Crippen molar-refractivity contribution < 1.29 is 14.9 Å². The zero-order valence-electron chi connectivity index (χ0n) is 10.5. The lowest BCUT2D eigenvalue weighted by atomic mass is 9.99. The second-order valence-electron chi connectivity index (χ2n) is 4.39. The van der Waals surface area contributed by atoms with Crippen LogP contribution in [0.5, 0.6) is 0 Å². The van der Waals surface area contributed by atoms with Crippen molar-refractivity contribution in [2.75, 3.05) is 12.3 Å². The van der Waals surface area contributed by atoms with Gasteiger partial charge < -0.3 is 20.7 Å². The zero-order chi connectivity index (χ0) is 14.9. The van der Waals surface area contributed by atoms with Crippen LogP contribution in [0.2, 0.25) is 0 Å². The predicted octanol–water partition coefficient (Wildman–Crippen LogP) is -1.55. The van der Waals surface area contributed by atoms with Crippen LogP contribution >= 0.6 is 0 Å². The maximum atomic E-state index is 11.8. The molecule has 104 valence electrons. The highest BCUT2D eigenvalue weighted by molar-refractivity contribution is 5.47. The molecular formula is C13H13N3O4. The van der Waals surface area contributed by atoms with Crippen LogP contribution in [-0.4, -0.2) is 38.1 Å². The van der Waals surface area contributed by atoms with Gasteiger partial charge in [-0.3, -0.25) is 4.57 Å². The summed E-state index contributed by atoms with van der Waals surface area (Å²) in [5.74, 6) is 4.45. The van der Waals surface area contributed by atoms with Gasteiger partial charge in [-0.15, -0.1) is 12.8 Å². The van der Waals surface area contributed by atoms with Gasteiger partial charge in [-0.25, -0.2) is 4.79 Å². The Balaban J connectivity index is 2.44. The maximum Gasteiger partial charge on any atom is 0.351 e. The Labute approximate surface area is 115 Å². The fourth-order valence-corrected chi connectivity index (χ4v) is 2.04. The molecule has 1 saturated heterocycles. The van der Waals surface area contributed by atoms with Crippen LogP contribution in [0.3, 0.4) is 0 Å². The number of terminal acetylenes is 2. The SMILES string of the molecule is C#Cc1cn([C@H]2CC(O)[C@@](C#C)(CO)O2)c(=O)nc1N. The van der Waals surface area contributed by atoms with Crippen molar-refractivity contribution in [2.24, 2.45) is 0 Å². The summed E-state index contributed by atoms with van der Waals surface area (Å²) < 4.78 is 6.54. The van der Waals surface area contributed by atoms with Crippen molar-refractivity contribution >= 4 is 5.82 Å². The van der Waals surface area contributed by atoms with E-state index in [0.717, 1.165) is 4.57 Å². The molecule has 7 nitrogen and oxygen atoms in total. The van der Waals surface area contributed by atoms with Crippen molar-refractivity contribution in [3.05, 3.63) is 22.2 Å². The van der Waals surface area contributed by atoms with E-state index in [4.69, 9.17) is 23.3 Å². The van der Waals surface area contributed by atoms with E-state index in [1.54, 1.807) is 0 Å². The minimum absolute atomic E-state index is 0.0281. The van der Waals surface area contributed by atoms with Gasteiger partial charge in [0.25, 0.3) is 0 Å². The van der Waals surface area contributed by atoms with Crippen LogP contribution in [-0.2, 0) is 4.74 Å². The molecule has 1 aliphatic heterocycles. The van der Waals surface area contributed by atoms with Crippen LogP contribution in [0.15, 0.2) is 11.0 Å². The second-order valence-corrected chi connectivity index (χ2v) is 4.39. The van der Waals surface area contributed by atoms with Gasteiger partial charge in [-0.05, 0) is 0 Å². The number of rotatable bonds is 2. The summed E-state index contributed by atoms with van der Waals surface area (Å²) in [6, 6.07) is 0. The number of anilines is 1. The van der Waals surface area contributed by atoms with Crippen LogP contribution < -0.4 is 11.4 Å². The molecule has 7 heteroatoms. The van der Waals surface area contributed by atoms with E-state index < -0.39 is 30.2 Å². The normalized spacial score (nSPS) is 28.8. The average Bonchev–Trinajstić information content (AvgIpc) is 2.76. The molecule has 0 aromatic carbocycles. The first-order valence-corrected chi connectivity index (χ1v) is 5.77. The molecule has 3 atom stereocenters. The monoisotopic (exact) mass is 275 g/mol. The van der Waals surface area contributed by atoms with Gasteiger partial charge in [0.2, 0.25) is 0 Å². The van der Waals surface area contributed by atoms with Gasteiger partial charge in [0.05, 0.1) is 12.2 Å². The Morgan fingerprint density at radius 1 is 1.65 bits per heavy atom. The molecule has 1 aromatic heterocycles. The highest BCUT2D eigenvalue weighted by Crippen LogP contribution is 2.35. The molecular weight excluding hydrogens is 262 g/mol. The maximum absolute atomic E-state index is 11.8. The fraction of sp³-hybridized carbons (Fsp3) is 0.385. The lowest BCUT2D eigenvalue weighted by molar-refractivity contribution is -0.0912. The Hall–Kier alpha value is -2.32. The third-order valence-corrected chi connectivity index (χ3v) is 3.24. The first-order chi connectivity index (χ1) is 9.47. The molecule has 2 rings (SSSR count). The number of hydrogen-bond donors (Lipinski definition) is 3. The van der Waals surface area contributed by atoms with E-state index in [1.165, 1.54) is 6.20 Å². The Bertz CT molecular complexity index is 670. The number of aromatic nitrogens is 2. The number of nitrogens with two attached hydrogens (primary N) is 1. The van der Waals surface area contributed by atoms with Crippen molar-refractivity contribution in [2.45, 2.75) is 24.4 Å². The van der Waals surface area contributed by atoms with Gasteiger partial charge in [-0.2, -0.15) is 4.98 Å². The molecule has 0 spiro atoms. The molecule has 4 N–H and O–H groups in total. The summed E-state index contributed by atoms with van der Waals surface area (Å²) >= 11 is 0. The number of aliphatic hydroxyl groups excluding tert-OH is 2. The highest BCUT2D eigenvalue weighted by Gasteiger charge is 2.47. The summed E-state index contributed by atoms with van der Waals surface area (Å²) in [6.07, 6.45) is 9.89. The zero-order valence-corrected chi connectivity index (χ0v) is 10.5. The molecule has 0 radical (unpaired) electrons. The van der Waals surface area contributed by atoms with Gasteiger partial charge in [0.15, 0.2) is 5.60 Å². The van der Waals surface area contributed by atoms with Crippen LogP contribution in [0, 0.1) is 24.7 Å². The van der Waals surface area contributed by atoms with E-state index in [0.29, 0.717) is 0 Å². The number of aliphatic hydroxyl groups is 2. The van der Waals surface area contributed by atoms with Gasteiger partial charge in [0.1, 0.15) is 18.1 Å². The Morgan fingerprint density at radius 3 is 2.85 bits per heavy atom. The standard InChI is InChI=1S/C13H13N3O4/c1-3-8-6-16(12(19)15-11(8)14)10-5-9(18)13(4-2,7-17)20-10/h1-2,6,9-10,17-18H,5,7H2,(H2,14,15,19)/t9?,10-,13-/m1/s1. The quantitative estimate of drug-likeness (QED) is 0.564. The molecule has 0 saturated carbocycles. The largest absolute Gasteiger partial charge is 0.392 e. The summed E-state index contributed by atoms with van der Waals surface area (Å²) in [7, 11) is 0. The Kier molecular flexibility index (Phi) is 3.51. The average molecular weight is 275 g/mol. The molecule has 0 aliphatic carbocycles. The molecule has 1 aromatic rings. The molecule has 2 heterocycles. The van der Waals surface area contributed by atoms with Crippen LogP contribution in [0.1, 0.15) is 18.2 Å². The van der Waals surface area contributed by atoms with Crippen molar-refractivity contribution in [1.82, 2.24) is 9.55 Å². The number of nitrogen functional groups attached to an aromatic ring is 1. The first-order valence-electron chi connectivity index (χ1n) is 5.77. The summed E-state index contributed by atoms with van der Waals surface area (Å²) in [6.45, 7) is -0.569. The predicted molar refractivity (Wildman–Crippen MR) is 70.2 cm³/mol. The minimum atomic E-state index is -1.54. The fourth-order valence-electron chi connectivity index (χ4n) is 2.04. The summed E-state index contributed by atoms with van der Waals surface area (Å²) in [4.78, 5) is 15.4. The van der Waals surface area contributed by atoms with Gasteiger partial charge in [0, 0.05) is 12.6 Å². The number of nitrogens with zero attached hydrogens (tertiary/aromatic N) is 2. The summed E-state index contributed by atoms with van der Waals surface area (Å²) in [5.41, 5.74) is 3.51. The topological polar surface area (TPSA) is 111 Å². The number of ether oxygens (including phenoxy) is 1. The van der Waals surface area contributed by atoms with Crippen LogP contribution in [0.4, 0.5) is 5.82 Å². The summed E-state index contributed by atoms with van der Waals surface area (Å²) in [5, 5.41) is 19.2. The van der Waals surface area contributed by atoms with Crippen molar-refractivity contribution in [3.8, 4) is 24.7 Å². The molecule has 1 fully saturated rings. The molecule has 1 unspecified atom stereocenters. The van der Waals surface area contributed by atoms with E-state index in [-0.39, 0.29) is 17.8 Å². The smallest absolute Gasteiger partial charge is 0.351 e. The third-order valence-electron chi connectivity index (χ3n) is 3.24. The number of hydrogen-bond acceptors (Lipinski definition) is 6. The van der Waals surface area contributed by atoms with Crippen LogP contribution in [0.25, 0.3) is 0 Å². The lowest BCUT2D eigenvalue weighted by Crippen LogP contribution is -2.41.